The fraction of sp³-hybridized carbons (Fsp3) is 0.423. The molecule has 0 spiro atoms. The lowest BCUT2D eigenvalue weighted by molar-refractivity contribution is -0.126. The SMILES string of the molecule is CCC(NC(=O)C/C1=C/C/C=C(/C(=O)N2CCCC2)C(C)C=C1)c1nc2ccc(Cl)cc2[nH]1. The predicted molar refractivity (Wildman–Crippen MR) is 132 cm³/mol. The number of nitrogens with one attached hydrogen (secondary N) is 2. The van der Waals surface area contributed by atoms with Crippen molar-refractivity contribution in [1.29, 1.82) is 0 Å². The van der Waals surface area contributed by atoms with Gasteiger partial charge in [-0.05, 0) is 49.5 Å². The zero-order valence-corrected chi connectivity index (χ0v) is 20.0. The van der Waals surface area contributed by atoms with E-state index in [1.807, 2.05) is 55.2 Å². The van der Waals surface area contributed by atoms with Gasteiger partial charge in [0, 0.05) is 29.6 Å². The third-order valence-corrected chi connectivity index (χ3v) is 6.58. The van der Waals surface area contributed by atoms with Gasteiger partial charge < -0.3 is 15.2 Å². The summed E-state index contributed by atoms with van der Waals surface area (Å²) >= 11 is 6.07. The lowest BCUT2D eigenvalue weighted by Crippen LogP contribution is -2.31. The highest BCUT2D eigenvalue weighted by atomic mass is 35.5. The van der Waals surface area contributed by atoms with Crippen LogP contribution in [0, 0.1) is 5.92 Å². The van der Waals surface area contributed by atoms with Gasteiger partial charge in [0.15, 0.2) is 0 Å². The van der Waals surface area contributed by atoms with E-state index < -0.39 is 0 Å². The first-order chi connectivity index (χ1) is 15.9. The minimum absolute atomic E-state index is 0.0237. The van der Waals surface area contributed by atoms with E-state index in [0.717, 1.165) is 60.4 Å². The normalized spacial score (nSPS) is 22.8. The van der Waals surface area contributed by atoms with Crippen molar-refractivity contribution in [1.82, 2.24) is 20.2 Å². The zero-order chi connectivity index (χ0) is 23.4. The van der Waals surface area contributed by atoms with Gasteiger partial charge >= 0.3 is 0 Å². The van der Waals surface area contributed by atoms with Crippen LogP contribution in [0.5, 0.6) is 0 Å². The Balaban J connectivity index is 1.40. The van der Waals surface area contributed by atoms with Crippen LogP contribution >= 0.6 is 11.6 Å². The van der Waals surface area contributed by atoms with E-state index in [4.69, 9.17) is 11.6 Å². The van der Waals surface area contributed by atoms with Crippen LogP contribution in [0.2, 0.25) is 5.02 Å². The summed E-state index contributed by atoms with van der Waals surface area (Å²) in [5.41, 5.74) is 3.49. The van der Waals surface area contributed by atoms with Gasteiger partial charge in [-0.1, -0.05) is 49.8 Å². The van der Waals surface area contributed by atoms with E-state index in [9.17, 15) is 9.59 Å². The lowest BCUT2D eigenvalue weighted by Gasteiger charge is -2.21. The number of fused-ring (bicyclic) bond motifs is 1. The summed E-state index contributed by atoms with van der Waals surface area (Å²) in [6.45, 7) is 5.77. The Hall–Kier alpha value is -2.86. The Morgan fingerprint density at radius 1 is 1.27 bits per heavy atom. The lowest BCUT2D eigenvalue weighted by atomic mass is 9.94. The molecule has 1 aliphatic carbocycles. The number of aromatic amines is 1. The first kappa shape index (κ1) is 23.3. The number of imidazole rings is 1. The van der Waals surface area contributed by atoms with Crippen molar-refractivity contribution in [3.8, 4) is 0 Å². The van der Waals surface area contributed by atoms with Crippen LogP contribution in [0.4, 0.5) is 0 Å². The third-order valence-electron chi connectivity index (χ3n) is 6.35. The second-order valence-corrected chi connectivity index (χ2v) is 9.25. The minimum atomic E-state index is -0.203. The van der Waals surface area contributed by atoms with Gasteiger partial charge in [-0.3, -0.25) is 9.59 Å². The molecule has 2 N–H and O–H groups in total. The van der Waals surface area contributed by atoms with Crippen molar-refractivity contribution in [3.63, 3.8) is 0 Å². The molecule has 7 heteroatoms. The van der Waals surface area contributed by atoms with Gasteiger partial charge in [-0.25, -0.2) is 4.98 Å². The highest BCUT2D eigenvalue weighted by molar-refractivity contribution is 6.31. The molecule has 0 radical (unpaired) electrons. The molecule has 0 saturated carbocycles. The number of nitrogens with zero attached hydrogens (tertiary/aromatic N) is 2. The number of allylic oxidation sites excluding steroid dienone is 4. The van der Waals surface area contributed by atoms with Gasteiger partial charge in [-0.15, -0.1) is 0 Å². The molecule has 4 rings (SSSR count). The third kappa shape index (κ3) is 5.56. The first-order valence-corrected chi connectivity index (χ1v) is 12.1. The van der Waals surface area contributed by atoms with Gasteiger partial charge in [0.2, 0.25) is 11.8 Å². The maximum atomic E-state index is 12.8. The Labute approximate surface area is 199 Å². The highest BCUT2D eigenvalue weighted by Crippen LogP contribution is 2.24. The van der Waals surface area contributed by atoms with E-state index >= 15 is 0 Å². The molecule has 1 aromatic carbocycles. The summed E-state index contributed by atoms with van der Waals surface area (Å²) < 4.78 is 0. The van der Waals surface area contributed by atoms with Gasteiger partial charge in [0.05, 0.1) is 23.5 Å². The van der Waals surface area contributed by atoms with Crippen LogP contribution in [0.25, 0.3) is 11.0 Å². The molecule has 2 atom stereocenters. The molecular formula is C26H31ClN4O2. The number of H-pyrrole nitrogens is 1. The molecule has 1 saturated heterocycles. The first-order valence-electron chi connectivity index (χ1n) is 11.8. The molecule has 2 aromatic rings. The van der Waals surface area contributed by atoms with Crippen LogP contribution in [-0.4, -0.2) is 39.8 Å². The number of carbonyl (C=O) groups is 2. The van der Waals surface area contributed by atoms with Crippen LogP contribution in [0.3, 0.4) is 0 Å². The van der Waals surface area contributed by atoms with E-state index in [-0.39, 0.29) is 30.2 Å². The molecule has 2 heterocycles. The van der Waals surface area contributed by atoms with Gasteiger partial charge in [0.1, 0.15) is 5.82 Å². The largest absolute Gasteiger partial charge is 0.346 e. The predicted octanol–water partition coefficient (Wildman–Crippen LogP) is 5.24. The van der Waals surface area contributed by atoms with Crippen LogP contribution < -0.4 is 5.32 Å². The number of aromatic nitrogens is 2. The number of halogens is 1. The smallest absolute Gasteiger partial charge is 0.250 e. The number of amides is 2. The molecule has 1 fully saturated rings. The van der Waals surface area contributed by atoms with Crippen molar-refractivity contribution < 1.29 is 9.59 Å². The Bertz CT molecular complexity index is 1120. The number of benzene rings is 1. The highest BCUT2D eigenvalue weighted by Gasteiger charge is 2.24. The topological polar surface area (TPSA) is 78.1 Å². The maximum Gasteiger partial charge on any atom is 0.250 e. The van der Waals surface area contributed by atoms with Crippen LogP contribution in [0.1, 0.15) is 57.8 Å². The molecule has 1 aromatic heterocycles. The second kappa shape index (κ2) is 10.4. The number of hydrogen-bond donors (Lipinski definition) is 2. The summed E-state index contributed by atoms with van der Waals surface area (Å²) in [5, 5.41) is 3.75. The summed E-state index contributed by atoms with van der Waals surface area (Å²) in [7, 11) is 0. The summed E-state index contributed by atoms with van der Waals surface area (Å²) in [5.74, 6) is 0.849. The van der Waals surface area contributed by atoms with Crippen LogP contribution in [0.15, 0.2) is 53.6 Å². The quantitative estimate of drug-likeness (QED) is 0.610. The fourth-order valence-electron chi connectivity index (χ4n) is 4.44. The number of rotatable bonds is 6. The summed E-state index contributed by atoms with van der Waals surface area (Å²) in [4.78, 5) is 35.5. The van der Waals surface area contributed by atoms with Gasteiger partial charge in [0.25, 0.3) is 0 Å². The van der Waals surface area contributed by atoms with Crippen molar-refractivity contribution in [3.05, 3.63) is 64.5 Å². The molecular weight excluding hydrogens is 436 g/mol. The molecule has 0 bridgehead atoms. The Morgan fingerprint density at radius 3 is 2.82 bits per heavy atom. The average molecular weight is 467 g/mol. The molecule has 33 heavy (non-hydrogen) atoms. The van der Waals surface area contributed by atoms with Crippen molar-refractivity contribution in [2.75, 3.05) is 13.1 Å². The molecule has 1 aliphatic heterocycles. The number of carbonyl (C=O) groups excluding carboxylic acids is 2. The van der Waals surface area contributed by atoms with E-state index in [1.54, 1.807) is 6.07 Å². The molecule has 2 unspecified atom stereocenters. The second-order valence-electron chi connectivity index (χ2n) is 8.81. The average Bonchev–Trinajstić information content (AvgIpc) is 3.46. The monoisotopic (exact) mass is 466 g/mol. The van der Waals surface area contributed by atoms with E-state index in [2.05, 4.69) is 15.3 Å². The minimum Gasteiger partial charge on any atom is -0.346 e. The number of likely N-dealkylation sites (tertiary alicyclic amines) is 1. The van der Waals surface area contributed by atoms with E-state index in [1.165, 1.54) is 0 Å². The molecule has 2 amide bonds. The van der Waals surface area contributed by atoms with Crippen molar-refractivity contribution in [2.45, 2.75) is 52.0 Å². The number of hydrogen-bond acceptors (Lipinski definition) is 3. The Morgan fingerprint density at radius 2 is 2.06 bits per heavy atom. The molecule has 2 aliphatic rings. The summed E-state index contributed by atoms with van der Waals surface area (Å²) in [6, 6.07) is 5.31. The van der Waals surface area contributed by atoms with Crippen molar-refractivity contribution >= 4 is 34.4 Å². The van der Waals surface area contributed by atoms with E-state index in [0.29, 0.717) is 11.4 Å². The van der Waals surface area contributed by atoms with Crippen LogP contribution in [-0.2, 0) is 9.59 Å². The molecule has 6 nitrogen and oxygen atoms in total. The standard InChI is InChI=1S/C26H31ClN4O2/c1-3-21(25-29-22-12-11-19(27)16-23(22)30-25)28-24(32)15-18-7-6-8-20(17(2)9-10-18)26(33)31-13-4-5-14-31/h7-12,16-17,21H,3-6,13-15H2,1-2H3,(H,28,32)(H,29,30)/b10-9?,18-7+,20-8+. The zero-order valence-electron chi connectivity index (χ0n) is 19.2. The maximum absolute atomic E-state index is 12.8. The Kier molecular flexibility index (Phi) is 7.33. The molecule has 174 valence electrons. The van der Waals surface area contributed by atoms with Gasteiger partial charge in [-0.2, -0.15) is 0 Å². The summed E-state index contributed by atoms with van der Waals surface area (Å²) in [6.07, 6.45) is 11.9. The van der Waals surface area contributed by atoms with Crippen molar-refractivity contribution in [2.24, 2.45) is 5.92 Å². The fourth-order valence-corrected chi connectivity index (χ4v) is 4.61.